The van der Waals surface area contributed by atoms with Crippen LogP contribution in [0.1, 0.15) is 0 Å². The first-order chi connectivity index (χ1) is 6.90. The highest BCUT2D eigenvalue weighted by molar-refractivity contribution is 5.81. The fourth-order valence-corrected chi connectivity index (χ4v) is 1.38. The van der Waals surface area contributed by atoms with Crippen molar-refractivity contribution in [2.45, 2.75) is 0 Å². The van der Waals surface area contributed by atoms with Crippen molar-refractivity contribution < 1.29 is 0 Å². The third kappa shape index (κ3) is 1.83. The van der Waals surface area contributed by atoms with Crippen molar-refractivity contribution in [3.8, 4) is 0 Å². The van der Waals surface area contributed by atoms with E-state index in [0.29, 0.717) is 6.54 Å². The molecule has 3 nitrogen and oxygen atoms in total. The van der Waals surface area contributed by atoms with E-state index in [1.807, 2.05) is 24.4 Å². The van der Waals surface area contributed by atoms with E-state index in [-0.39, 0.29) is 0 Å². The van der Waals surface area contributed by atoms with Gasteiger partial charge in [0.1, 0.15) is 0 Å². The highest BCUT2D eigenvalue weighted by Gasteiger charge is 1.95. The average molecular weight is 187 g/mol. The number of nitrogens with zero attached hydrogens (tertiary/aromatic N) is 1. The average Bonchev–Trinajstić information content (AvgIpc) is 2.26. The highest BCUT2D eigenvalue weighted by atomic mass is 14.9. The third-order valence-corrected chi connectivity index (χ3v) is 2.06. The summed E-state index contributed by atoms with van der Waals surface area (Å²) in [4.78, 5) is 4.33. The summed E-state index contributed by atoms with van der Waals surface area (Å²) in [5, 5.41) is 4.35. The van der Waals surface area contributed by atoms with Gasteiger partial charge in [-0.15, -0.1) is 0 Å². The van der Waals surface area contributed by atoms with E-state index in [0.717, 1.165) is 23.1 Å². The second-order valence-corrected chi connectivity index (χ2v) is 3.13. The van der Waals surface area contributed by atoms with Gasteiger partial charge in [-0.05, 0) is 12.1 Å². The lowest BCUT2D eigenvalue weighted by Gasteiger charge is -2.04. The molecule has 72 valence electrons. The topological polar surface area (TPSA) is 50.9 Å². The number of fused-ring (bicyclic) bond motifs is 1. The Morgan fingerprint density at radius 1 is 1.29 bits per heavy atom. The van der Waals surface area contributed by atoms with Crippen LogP contribution < -0.4 is 11.1 Å². The van der Waals surface area contributed by atoms with Gasteiger partial charge in [-0.1, -0.05) is 18.2 Å². The van der Waals surface area contributed by atoms with Gasteiger partial charge in [0.25, 0.3) is 0 Å². The number of benzene rings is 1. The van der Waals surface area contributed by atoms with Gasteiger partial charge in [-0.25, -0.2) is 0 Å². The smallest absolute Gasteiger partial charge is 0.0703 e. The molecule has 0 aliphatic carbocycles. The van der Waals surface area contributed by atoms with Crippen LogP contribution in [0, 0.1) is 0 Å². The van der Waals surface area contributed by atoms with E-state index in [1.165, 1.54) is 0 Å². The molecule has 0 radical (unpaired) electrons. The molecule has 1 aromatic heterocycles. The van der Waals surface area contributed by atoms with Crippen LogP contribution in [0.3, 0.4) is 0 Å². The van der Waals surface area contributed by atoms with Crippen LogP contribution in [0.25, 0.3) is 10.9 Å². The molecule has 3 N–H and O–H groups in total. The number of anilines is 1. The predicted molar refractivity (Wildman–Crippen MR) is 59.3 cm³/mol. The van der Waals surface area contributed by atoms with Crippen LogP contribution in [-0.4, -0.2) is 18.1 Å². The Labute approximate surface area is 83.0 Å². The van der Waals surface area contributed by atoms with Crippen LogP contribution in [0.15, 0.2) is 36.5 Å². The summed E-state index contributed by atoms with van der Waals surface area (Å²) in [6.45, 7) is 1.41. The normalized spacial score (nSPS) is 10.4. The number of aromatic nitrogens is 1. The van der Waals surface area contributed by atoms with Crippen molar-refractivity contribution in [2.24, 2.45) is 5.73 Å². The maximum atomic E-state index is 5.41. The first-order valence-corrected chi connectivity index (χ1v) is 4.69. The van der Waals surface area contributed by atoms with Crippen LogP contribution in [0.5, 0.6) is 0 Å². The molecule has 0 aliphatic heterocycles. The van der Waals surface area contributed by atoms with E-state index in [4.69, 9.17) is 5.73 Å². The van der Waals surface area contributed by atoms with E-state index >= 15 is 0 Å². The van der Waals surface area contributed by atoms with Gasteiger partial charge in [0.05, 0.1) is 17.4 Å². The van der Waals surface area contributed by atoms with Crippen molar-refractivity contribution in [3.63, 3.8) is 0 Å². The monoisotopic (exact) mass is 187 g/mol. The Bertz CT molecular complexity index is 426. The predicted octanol–water partition coefficient (Wildman–Crippen LogP) is 1.61. The first-order valence-electron chi connectivity index (χ1n) is 4.69. The molecule has 0 spiro atoms. The van der Waals surface area contributed by atoms with Crippen LogP contribution in [0.2, 0.25) is 0 Å². The zero-order valence-electron chi connectivity index (χ0n) is 7.90. The van der Waals surface area contributed by atoms with Crippen molar-refractivity contribution >= 4 is 16.6 Å². The number of nitrogens with two attached hydrogens (primary N) is 1. The standard InChI is InChI=1S/C11H13N3/c12-5-6-13-10-7-9-3-1-2-4-11(9)14-8-10/h1-4,7-8,13H,5-6,12H2. The van der Waals surface area contributed by atoms with Crippen LogP contribution >= 0.6 is 0 Å². The lowest BCUT2D eigenvalue weighted by atomic mass is 10.2. The summed E-state index contributed by atoms with van der Waals surface area (Å²) in [5.41, 5.74) is 7.45. The summed E-state index contributed by atoms with van der Waals surface area (Å²) in [6.07, 6.45) is 1.83. The van der Waals surface area contributed by atoms with E-state index in [1.54, 1.807) is 0 Å². The minimum Gasteiger partial charge on any atom is -0.383 e. The molecule has 0 fully saturated rings. The largest absolute Gasteiger partial charge is 0.383 e. The molecule has 2 aromatic rings. The van der Waals surface area contributed by atoms with Gasteiger partial charge in [-0.2, -0.15) is 0 Å². The molecule has 0 saturated heterocycles. The maximum Gasteiger partial charge on any atom is 0.0703 e. The lowest BCUT2D eigenvalue weighted by Crippen LogP contribution is -2.13. The minimum atomic E-state index is 0.632. The molecular formula is C11H13N3. The number of para-hydroxylation sites is 1. The van der Waals surface area contributed by atoms with E-state index in [2.05, 4.69) is 22.4 Å². The summed E-state index contributed by atoms with van der Waals surface area (Å²) in [7, 11) is 0. The van der Waals surface area contributed by atoms with Crippen LogP contribution in [-0.2, 0) is 0 Å². The summed E-state index contributed by atoms with van der Waals surface area (Å²) >= 11 is 0. The molecule has 2 rings (SSSR count). The Kier molecular flexibility index (Phi) is 2.60. The maximum absolute atomic E-state index is 5.41. The highest BCUT2D eigenvalue weighted by Crippen LogP contribution is 2.15. The van der Waals surface area contributed by atoms with Gasteiger partial charge >= 0.3 is 0 Å². The molecule has 0 saturated carbocycles. The number of hydrogen-bond acceptors (Lipinski definition) is 3. The Morgan fingerprint density at radius 3 is 3.00 bits per heavy atom. The number of hydrogen-bond donors (Lipinski definition) is 2. The molecular weight excluding hydrogens is 174 g/mol. The zero-order valence-corrected chi connectivity index (χ0v) is 7.90. The number of rotatable bonds is 3. The molecule has 0 aliphatic rings. The number of pyridine rings is 1. The fraction of sp³-hybridized carbons (Fsp3) is 0.182. The van der Waals surface area contributed by atoms with E-state index < -0.39 is 0 Å². The molecule has 0 amide bonds. The Morgan fingerprint density at radius 2 is 2.14 bits per heavy atom. The molecule has 0 bridgehead atoms. The first kappa shape index (κ1) is 8.97. The molecule has 1 heterocycles. The number of nitrogens with one attached hydrogen (secondary N) is 1. The summed E-state index contributed by atoms with van der Waals surface area (Å²) in [5.74, 6) is 0. The summed E-state index contributed by atoms with van der Waals surface area (Å²) in [6, 6.07) is 10.1. The molecule has 3 heteroatoms. The molecule has 0 unspecified atom stereocenters. The second-order valence-electron chi connectivity index (χ2n) is 3.13. The second kappa shape index (κ2) is 4.07. The van der Waals surface area contributed by atoms with Gasteiger partial charge in [0, 0.05) is 18.5 Å². The van der Waals surface area contributed by atoms with Crippen molar-refractivity contribution in [2.75, 3.05) is 18.4 Å². The zero-order chi connectivity index (χ0) is 9.80. The van der Waals surface area contributed by atoms with Gasteiger partial charge in [0.15, 0.2) is 0 Å². The van der Waals surface area contributed by atoms with Crippen molar-refractivity contribution in [3.05, 3.63) is 36.5 Å². The SMILES string of the molecule is NCCNc1cnc2ccccc2c1. The Balaban J connectivity index is 2.32. The lowest BCUT2D eigenvalue weighted by molar-refractivity contribution is 1.02. The molecule has 1 aromatic carbocycles. The van der Waals surface area contributed by atoms with Crippen LogP contribution in [0.4, 0.5) is 5.69 Å². The third-order valence-electron chi connectivity index (χ3n) is 2.06. The van der Waals surface area contributed by atoms with Crippen molar-refractivity contribution in [1.82, 2.24) is 4.98 Å². The Hall–Kier alpha value is -1.61. The van der Waals surface area contributed by atoms with Gasteiger partial charge in [-0.3, -0.25) is 4.98 Å². The van der Waals surface area contributed by atoms with E-state index in [9.17, 15) is 0 Å². The summed E-state index contributed by atoms with van der Waals surface area (Å²) < 4.78 is 0. The fourth-order valence-electron chi connectivity index (χ4n) is 1.38. The van der Waals surface area contributed by atoms with Crippen molar-refractivity contribution in [1.29, 1.82) is 0 Å². The minimum absolute atomic E-state index is 0.632. The quantitative estimate of drug-likeness (QED) is 0.767. The van der Waals surface area contributed by atoms with Gasteiger partial charge < -0.3 is 11.1 Å². The van der Waals surface area contributed by atoms with Gasteiger partial charge in [0.2, 0.25) is 0 Å². The molecule has 0 atom stereocenters. The molecule has 14 heavy (non-hydrogen) atoms.